The molecule has 0 radical (unpaired) electrons. The zero-order valence-electron chi connectivity index (χ0n) is 11.9. The van der Waals surface area contributed by atoms with Crippen LogP contribution in [0.3, 0.4) is 0 Å². The number of anilines is 1. The Morgan fingerprint density at radius 2 is 2.00 bits per heavy atom. The molecule has 4 heteroatoms. The lowest BCUT2D eigenvalue weighted by molar-refractivity contribution is 0.118. The van der Waals surface area contributed by atoms with Crippen LogP contribution in [0.2, 0.25) is 5.02 Å². The number of fused-ring (bicyclic) bond motifs is 1. The number of halogens is 1. The van der Waals surface area contributed by atoms with Crippen molar-refractivity contribution in [1.29, 1.82) is 5.26 Å². The summed E-state index contributed by atoms with van der Waals surface area (Å²) in [6.45, 7) is 4.06. The number of benzene rings is 2. The van der Waals surface area contributed by atoms with Gasteiger partial charge in [-0.05, 0) is 38.1 Å². The number of nitrogens with zero attached hydrogens (tertiary/aromatic N) is 1. The van der Waals surface area contributed by atoms with E-state index in [-0.39, 0.29) is 6.04 Å². The Bertz CT molecular complexity index is 734. The number of ether oxygens (including phenoxy) is 1. The fourth-order valence-corrected chi connectivity index (χ4v) is 2.84. The number of nitriles is 1. The molecular weight excluding hydrogens is 284 g/mol. The molecule has 0 saturated carbocycles. The molecule has 0 aromatic heterocycles. The van der Waals surface area contributed by atoms with Gasteiger partial charge in [-0.3, -0.25) is 0 Å². The van der Waals surface area contributed by atoms with Crippen molar-refractivity contribution >= 4 is 17.3 Å². The van der Waals surface area contributed by atoms with Crippen molar-refractivity contribution in [1.82, 2.24) is 0 Å². The van der Waals surface area contributed by atoms with E-state index in [1.165, 1.54) is 0 Å². The Balaban J connectivity index is 2.02. The fourth-order valence-electron chi connectivity index (χ4n) is 2.67. The van der Waals surface area contributed by atoms with Crippen LogP contribution in [0, 0.1) is 11.3 Å². The third-order valence-corrected chi connectivity index (χ3v) is 3.94. The summed E-state index contributed by atoms with van der Waals surface area (Å²) in [5.41, 5.74) is 1.98. The Hall–Kier alpha value is -2.18. The highest BCUT2D eigenvalue weighted by atomic mass is 35.5. The van der Waals surface area contributed by atoms with E-state index in [2.05, 4.69) is 11.4 Å². The summed E-state index contributed by atoms with van der Waals surface area (Å²) in [6.07, 6.45) is 0. The molecule has 2 aromatic carbocycles. The highest BCUT2D eigenvalue weighted by molar-refractivity contribution is 6.30. The second-order valence-electron chi connectivity index (χ2n) is 5.62. The summed E-state index contributed by atoms with van der Waals surface area (Å²) in [7, 11) is 0. The second-order valence-corrected chi connectivity index (χ2v) is 6.06. The van der Waals surface area contributed by atoms with Crippen LogP contribution in [0.25, 0.3) is 0 Å². The van der Waals surface area contributed by atoms with Gasteiger partial charge in [0.25, 0.3) is 0 Å². The molecule has 1 aliphatic rings. The molecule has 1 atom stereocenters. The molecule has 1 N–H and O–H groups in total. The van der Waals surface area contributed by atoms with Gasteiger partial charge in [-0.15, -0.1) is 0 Å². The fraction of sp³-hybridized carbons (Fsp3) is 0.235. The van der Waals surface area contributed by atoms with E-state index in [0.29, 0.717) is 10.6 Å². The maximum atomic E-state index is 9.24. The molecule has 2 aromatic rings. The Morgan fingerprint density at radius 1 is 1.24 bits per heavy atom. The molecule has 21 heavy (non-hydrogen) atoms. The normalized spacial score (nSPS) is 18.5. The lowest BCUT2D eigenvalue weighted by Crippen LogP contribution is -2.34. The first-order chi connectivity index (χ1) is 10.0. The predicted octanol–water partition coefficient (Wildman–Crippen LogP) is 4.54. The monoisotopic (exact) mass is 298 g/mol. The summed E-state index contributed by atoms with van der Waals surface area (Å²) in [5, 5.41) is 13.3. The van der Waals surface area contributed by atoms with Crippen molar-refractivity contribution in [2.75, 3.05) is 5.32 Å². The molecule has 0 saturated heterocycles. The Morgan fingerprint density at radius 3 is 2.76 bits per heavy atom. The largest absolute Gasteiger partial charge is 0.485 e. The van der Waals surface area contributed by atoms with Gasteiger partial charge in [0.15, 0.2) is 0 Å². The van der Waals surface area contributed by atoms with Crippen LogP contribution in [0.5, 0.6) is 5.75 Å². The summed E-state index contributed by atoms with van der Waals surface area (Å²) in [4.78, 5) is 0. The van der Waals surface area contributed by atoms with E-state index in [0.717, 1.165) is 17.0 Å². The highest BCUT2D eigenvalue weighted by Crippen LogP contribution is 2.44. The van der Waals surface area contributed by atoms with Gasteiger partial charge < -0.3 is 10.1 Å². The van der Waals surface area contributed by atoms with Crippen LogP contribution >= 0.6 is 11.6 Å². The number of nitrogens with one attached hydrogen (secondary N) is 1. The second kappa shape index (κ2) is 4.98. The molecule has 0 aliphatic carbocycles. The number of rotatable bonds is 2. The predicted molar refractivity (Wildman–Crippen MR) is 83.7 cm³/mol. The minimum absolute atomic E-state index is 0.0423. The molecule has 3 rings (SSSR count). The summed E-state index contributed by atoms with van der Waals surface area (Å²) >= 11 is 6.05. The first-order valence-electron chi connectivity index (χ1n) is 6.75. The third kappa shape index (κ3) is 2.43. The molecule has 1 heterocycles. The third-order valence-electron chi connectivity index (χ3n) is 3.70. The van der Waals surface area contributed by atoms with Gasteiger partial charge in [0.2, 0.25) is 0 Å². The number of para-hydroxylation sites is 1. The number of hydrogen-bond donors (Lipinski definition) is 1. The van der Waals surface area contributed by atoms with Crippen molar-refractivity contribution < 1.29 is 4.74 Å². The summed E-state index contributed by atoms with van der Waals surface area (Å²) < 4.78 is 6.00. The number of hydrogen-bond acceptors (Lipinski definition) is 3. The molecule has 0 spiro atoms. The van der Waals surface area contributed by atoms with Crippen molar-refractivity contribution in [3.8, 4) is 11.8 Å². The van der Waals surface area contributed by atoms with Crippen LogP contribution < -0.4 is 10.1 Å². The molecule has 0 fully saturated rings. The van der Waals surface area contributed by atoms with Crippen LogP contribution in [0.15, 0.2) is 42.5 Å². The maximum Gasteiger partial charge on any atom is 0.128 e. The SMILES string of the molecule is CC1(C)Oc2ccccc2C1Nc1cc(Cl)ccc1C#N. The van der Waals surface area contributed by atoms with E-state index in [1.807, 2.05) is 38.1 Å². The van der Waals surface area contributed by atoms with Gasteiger partial charge in [0, 0.05) is 10.6 Å². The summed E-state index contributed by atoms with van der Waals surface area (Å²) in [6, 6.07) is 15.3. The molecule has 0 amide bonds. The van der Waals surface area contributed by atoms with Gasteiger partial charge in [-0.2, -0.15) is 5.26 Å². The summed E-state index contributed by atoms with van der Waals surface area (Å²) in [5.74, 6) is 0.875. The van der Waals surface area contributed by atoms with E-state index >= 15 is 0 Å². The standard InChI is InChI=1S/C17H15ClN2O/c1-17(2)16(13-5-3-4-6-15(13)21-17)20-14-9-12(18)8-7-11(14)10-19/h3-9,16,20H,1-2H3. The Kier molecular flexibility index (Phi) is 3.27. The van der Waals surface area contributed by atoms with E-state index in [9.17, 15) is 5.26 Å². The minimum atomic E-state index is -0.404. The van der Waals surface area contributed by atoms with E-state index < -0.39 is 5.60 Å². The Labute approximate surface area is 129 Å². The van der Waals surface area contributed by atoms with Crippen LogP contribution in [-0.2, 0) is 0 Å². The minimum Gasteiger partial charge on any atom is -0.485 e. The van der Waals surface area contributed by atoms with Crippen molar-refractivity contribution in [2.45, 2.75) is 25.5 Å². The smallest absolute Gasteiger partial charge is 0.128 e. The van der Waals surface area contributed by atoms with Gasteiger partial charge in [0.05, 0.1) is 17.3 Å². The topological polar surface area (TPSA) is 45.0 Å². The lowest BCUT2D eigenvalue weighted by atomic mass is 9.94. The zero-order valence-corrected chi connectivity index (χ0v) is 12.6. The van der Waals surface area contributed by atoms with Crippen molar-refractivity contribution in [3.63, 3.8) is 0 Å². The molecular formula is C17H15ClN2O. The van der Waals surface area contributed by atoms with Gasteiger partial charge >= 0.3 is 0 Å². The van der Waals surface area contributed by atoms with Crippen molar-refractivity contribution in [3.05, 3.63) is 58.6 Å². The van der Waals surface area contributed by atoms with E-state index in [4.69, 9.17) is 16.3 Å². The average molecular weight is 299 g/mol. The van der Waals surface area contributed by atoms with Gasteiger partial charge in [-0.25, -0.2) is 0 Å². The molecule has 3 nitrogen and oxygen atoms in total. The van der Waals surface area contributed by atoms with Gasteiger partial charge in [-0.1, -0.05) is 29.8 Å². The molecule has 1 unspecified atom stereocenters. The first-order valence-corrected chi connectivity index (χ1v) is 7.13. The van der Waals surface area contributed by atoms with E-state index in [1.54, 1.807) is 18.2 Å². The zero-order chi connectivity index (χ0) is 15.0. The average Bonchev–Trinajstić information content (AvgIpc) is 2.70. The van der Waals surface area contributed by atoms with Crippen LogP contribution in [0.1, 0.15) is 31.0 Å². The molecule has 106 valence electrons. The first kappa shape index (κ1) is 13.8. The highest BCUT2D eigenvalue weighted by Gasteiger charge is 2.41. The lowest BCUT2D eigenvalue weighted by Gasteiger charge is -2.28. The maximum absolute atomic E-state index is 9.24. The van der Waals surface area contributed by atoms with Crippen molar-refractivity contribution in [2.24, 2.45) is 0 Å². The van der Waals surface area contributed by atoms with Crippen LogP contribution in [0.4, 0.5) is 5.69 Å². The van der Waals surface area contributed by atoms with Gasteiger partial charge in [0.1, 0.15) is 17.4 Å². The molecule has 0 bridgehead atoms. The quantitative estimate of drug-likeness (QED) is 0.885. The molecule has 1 aliphatic heterocycles. The van der Waals surface area contributed by atoms with Crippen LogP contribution in [-0.4, -0.2) is 5.60 Å².